The summed E-state index contributed by atoms with van der Waals surface area (Å²) >= 11 is 0. The van der Waals surface area contributed by atoms with Gasteiger partial charge < -0.3 is 10.1 Å². The average Bonchev–Trinajstić information content (AvgIpc) is 3.12. The molecule has 2 atom stereocenters. The fourth-order valence-electron chi connectivity index (χ4n) is 4.76. The van der Waals surface area contributed by atoms with Crippen LogP contribution < -0.4 is 5.32 Å². The van der Waals surface area contributed by atoms with E-state index in [2.05, 4.69) is 72.9 Å². The van der Waals surface area contributed by atoms with Gasteiger partial charge in [0.2, 0.25) is 0 Å². The lowest BCUT2D eigenvalue weighted by atomic mass is 9.98. The van der Waals surface area contributed by atoms with Crippen molar-refractivity contribution in [2.75, 3.05) is 19.7 Å². The first kappa shape index (κ1) is 18.9. The Hall–Kier alpha value is -3.11. The average molecular weight is 399 g/mol. The second-order valence-corrected chi connectivity index (χ2v) is 8.19. The summed E-state index contributed by atoms with van der Waals surface area (Å²) in [6.07, 6.45) is -0.237. The molecular formula is C26H26N2O2. The number of carbonyl (C=O) groups is 1. The predicted octanol–water partition coefficient (Wildman–Crippen LogP) is 4.97. The molecule has 1 amide bonds. The number of nitrogens with one attached hydrogen (secondary N) is 1. The third-order valence-electron chi connectivity index (χ3n) is 6.26. The molecule has 1 heterocycles. The van der Waals surface area contributed by atoms with Crippen LogP contribution in [0.3, 0.4) is 0 Å². The summed E-state index contributed by atoms with van der Waals surface area (Å²) in [6.45, 7) is 3.82. The standard InChI is InChI=1S/C26H26N2O2/c1-18-16-28(25(15-27-18)19-9-3-2-4-10-19)26(29)30-17-24-22-13-7-5-11-20(22)21-12-6-8-14-23(21)24/h2-14,18,24-25,27H,15-17H2,1H3/t18-,25+/m1/s1. The van der Waals surface area contributed by atoms with Gasteiger partial charge in [0.1, 0.15) is 6.61 Å². The van der Waals surface area contributed by atoms with Gasteiger partial charge in [-0.3, -0.25) is 4.90 Å². The minimum absolute atomic E-state index is 0.0157. The minimum atomic E-state index is -0.237. The summed E-state index contributed by atoms with van der Waals surface area (Å²) in [7, 11) is 0. The predicted molar refractivity (Wildman–Crippen MR) is 118 cm³/mol. The Morgan fingerprint density at radius 2 is 1.53 bits per heavy atom. The highest BCUT2D eigenvalue weighted by atomic mass is 16.6. The van der Waals surface area contributed by atoms with Crippen molar-refractivity contribution in [3.8, 4) is 11.1 Å². The molecule has 30 heavy (non-hydrogen) atoms. The van der Waals surface area contributed by atoms with Crippen molar-refractivity contribution in [3.05, 3.63) is 95.6 Å². The molecule has 4 heteroatoms. The number of hydrogen-bond acceptors (Lipinski definition) is 3. The fourth-order valence-corrected chi connectivity index (χ4v) is 4.76. The molecule has 3 aromatic rings. The van der Waals surface area contributed by atoms with Crippen molar-refractivity contribution in [1.29, 1.82) is 0 Å². The first-order chi connectivity index (χ1) is 14.7. The smallest absolute Gasteiger partial charge is 0.410 e. The lowest BCUT2D eigenvalue weighted by Crippen LogP contribution is -2.53. The highest BCUT2D eigenvalue weighted by Gasteiger charge is 2.34. The van der Waals surface area contributed by atoms with Crippen LogP contribution in [0.5, 0.6) is 0 Å². The van der Waals surface area contributed by atoms with Gasteiger partial charge in [-0.05, 0) is 34.7 Å². The van der Waals surface area contributed by atoms with Crippen molar-refractivity contribution in [1.82, 2.24) is 10.2 Å². The Morgan fingerprint density at radius 1 is 0.933 bits per heavy atom. The van der Waals surface area contributed by atoms with Crippen molar-refractivity contribution in [2.45, 2.75) is 24.9 Å². The molecule has 1 N–H and O–H groups in total. The van der Waals surface area contributed by atoms with Gasteiger partial charge in [-0.15, -0.1) is 0 Å². The Labute approximate surface area is 177 Å². The SMILES string of the molecule is C[C@@H]1CN(C(=O)OCC2c3ccccc3-c3ccccc32)[C@H](c2ccccc2)CN1. The molecule has 1 aliphatic carbocycles. The van der Waals surface area contributed by atoms with E-state index in [0.717, 1.165) is 12.1 Å². The molecule has 0 bridgehead atoms. The molecule has 0 unspecified atom stereocenters. The topological polar surface area (TPSA) is 41.6 Å². The van der Waals surface area contributed by atoms with Gasteiger partial charge in [-0.1, -0.05) is 78.9 Å². The summed E-state index contributed by atoms with van der Waals surface area (Å²) in [5.74, 6) is 0.0804. The molecule has 3 aromatic carbocycles. The number of carbonyl (C=O) groups excluding carboxylic acids is 1. The molecule has 2 aliphatic rings. The van der Waals surface area contributed by atoms with Gasteiger partial charge in [-0.25, -0.2) is 4.79 Å². The van der Waals surface area contributed by atoms with E-state index >= 15 is 0 Å². The van der Waals surface area contributed by atoms with Crippen molar-refractivity contribution < 1.29 is 9.53 Å². The summed E-state index contributed by atoms with van der Waals surface area (Å²) in [5.41, 5.74) is 6.09. The summed E-state index contributed by atoms with van der Waals surface area (Å²) in [4.78, 5) is 15.1. The first-order valence-corrected chi connectivity index (χ1v) is 10.6. The van der Waals surface area contributed by atoms with Gasteiger partial charge in [-0.2, -0.15) is 0 Å². The number of benzene rings is 3. The second-order valence-electron chi connectivity index (χ2n) is 8.19. The Balaban J connectivity index is 1.36. The van der Waals surface area contributed by atoms with Crippen molar-refractivity contribution in [2.24, 2.45) is 0 Å². The number of hydrogen-bond donors (Lipinski definition) is 1. The maximum Gasteiger partial charge on any atom is 0.410 e. The number of amides is 1. The van der Waals surface area contributed by atoms with Gasteiger partial charge >= 0.3 is 6.09 Å². The number of ether oxygens (including phenoxy) is 1. The monoisotopic (exact) mass is 398 g/mol. The van der Waals surface area contributed by atoms with Crippen LogP contribution in [-0.2, 0) is 4.74 Å². The number of rotatable bonds is 3. The van der Waals surface area contributed by atoms with E-state index in [0.29, 0.717) is 13.2 Å². The molecule has 0 aromatic heterocycles. The summed E-state index contributed by atoms with van der Waals surface area (Å²) in [5, 5.41) is 3.49. The molecular weight excluding hydrogens is 372 g/mol. The van der Waals surface area contributed by atoms with E-state index in [1.54, 1.807) is 0 Å². The van der Waals surface area contributed by atoms with Gasteiger partial charge in [0.05, 0.1) is 6.04 Å². The van der Waals surface area contributed by atoms with Crippen LogP contribution in [0.2, 0.25) is 0 Å². The largest absolute Gasteiger partial charge is 0.448 e. The lowest BCUT2D eigenvalue weighted by molar-refractivity contribution is 0.0674. The van der Waals surface area contributed by atoms with Crippen LogP contribution in [-0.4, -0.2) is 36.7 Å². The molecule has 1 fully saturated rings. The minimum Gasteiger partial charge on any atom is -0.448 e. The van der Waals surface area contributed by atoms with Crippen LogP contribution in [0.4, 0.5) is 4.79 Å². The summed E-state index contributed by atoms with van der Waals surface area (Å²) in [6, 6.07) is 27.3. The zero-order valence-electron chi connectivity index (χ0n) is 17.1. The highest BCUT2D eigenvalue weighted by Crippen LogP contribution is 2.44. The third kappa shape index (κ3) is 3.37. The molecule has 0 saturated carbocycles. The van der Waals surface area contributed by atoms with Crippen molar-refractivity contribution >= 4 is 6.09 Å². The van der Waals surface area contributed by atoms with E-state index in [-0.39, 0.29) is 24.1 Å². The molecule has 1 aliphatic heterocycles. The number of nitrogens with zero attached hydrogens (tertiary/aromatic N) is 1. The first-order valence-electron chi connectivity index (χ1n) is 10.6. The lowest BCUT2D eigenvalue weighted by Gasteiger charge is -2.39. The number of fused-ring (bicyclic) bond motifs is 3. The zero-order valence-corrected chi connectivity index (χ0v) is 17.1. The normalized spacial score (nSPS) is 20.5. The summed E-state index contributed by atoms with van der Waals surface area (Å²) < 4.78 is 5.94. The van der Waals surface area contributed by atoms with E-state index in [1.165, 1.54) is 22.3 Å². The van der Waals surface area contributed by atoms with E-state index in [9.17, 15) is 4.79 Å². The van der Waals surface area contributed by atoms with Crippen LogP contribution in [0.15, 0.2) is 78.9 Å². The molecule has 1 saturated heterocycles. The van der Waals surface area contributed by atoms with Crippen molar-refractivity contribution in [3.63, 3.8) is 0 Å². The maximum absolute atomic E-state index is 13.2. The van der Waals surface area contributed by atoms with Crippen LogP contribution in [0.1, 0.15) is 35.6 Å². The Morgan fingerprint density at radius 3 is 2.20 bits per heavy atom. The number of piperazine rings is 1. The highest BCUT2D eigenvalue weighted by molar-refractivity contribution is 5.79. The third-order valence-corrected chi connectivity index (χ3v) is 6.26. The van der Waals surface area contributed by atoms with Gasteiger partial charge in [0.15, 0.2) is 0 Å². The molecule has 0 radical (unpaired) electrons. The van der Waals surface area contributed by atoms with Crippen LogP contribution in [0.25, 0.3) is 11.1 Å². The van der Waals surface area contributed by atoms with Gasteiger partial charge in [0.25, 0.3) is 0 Å². The Kier molecular flexibility index (Phi) is 5.01. The molecule has 5 rings (SSSR count). The second kappa shape index (κ2) is 7.96. The van der Waals surface area contributed by atoms with E-state index < -0.39 is 0 Å². The fraction of sp³-hybridized carbons (Fsp3) is 0.269. The maximum atomic E-state index is 13.2. The van der Waals surface area contributed by atoms with Gasteiger partial charge in [0, 0.05) is 25.0 Å². The van der Waals surface area contributed by atoms with Crippen LogP contribution >= 0.6 is 0 Å². The quantitative estimate of drug-likeness (QED) is 0.677. The molecule has 152 valence electrons. The molecule has 4 nitrogen and oxygen atoms in total. The zero-order chi connectivity index (χ0) is 20.5. The van der Waals surface area contributed by atoms with E-state index in [4.69, 9.17) is 4.74 Å². The van der Waals surface area contributed by atoms with Crippen LogP contribution in [0, 0.1) is 0 Å². The van der Waals surface area contributed by atoms with E-state index in [1.807, 2.05) is 23.1 Å². The Bertz CT molecular complexity index is 1000. The molecule has 0 spiro atoms.